The summed E-state index contributed by atoms with van der Waals surface area (Å²) in [5.74, 6) is 0.512. The van der Waals surface area contributed by atoms with E-state index in [1.54, 1.807) is 11.3 Å². The molecule has 0 unspecified atom stereocenters. The Balaban J connectivity index is 2.32. The predicted molar refractivity (Wildman–Crippen MR) is 65.3 cm³/mol. The van der Waals surface area contributed by atoms with Crippen molar-refractivity contribution in [2.24, 2.45) is 10.7 Å². The van der Waals surface area contributed by atoms with Crippen molar-refractivity contribution in [3.8, 4) is 0 Å². The molecular formula is C10H18N4S. The summed E-state index contributed by atoms with van der Waals surface area (Å²) < 4.78 is 0. The molecule has 0 radical (unpaired) electrons. The highest BCUT2D eigenvalue weighted by molar-refractivity contribution is 7.09. The van der Waals surface area contributed by atoms with Crippen LogP contribution in [0.1, 0.15) is 24.5 Å². The molecule has 1 aromatic rings. The number of nitrogens with one attached hydrogen (secondary N) is 1. The van der Waals surface area contributed by atoms with Crippen molar-refractivity contribution in [1.82, 2.24) is 10.3 Å². The van der Waals surface area contributed by atoms with E-state index in [4.69, 9.17) is 5.73 Å². The highest BCUT2D eigenvalue weighted by atomic mass is 32.1. The molecule has 0 spiro atoms. The summed E-state index contributed by atoms with van der Waals surface area (Å²) in [6, 6.07) is 0.329. The molecule has 3 N–H and O–H groups in total. The van der Waals surface area contributed by atoms with Gasteiger partial charge in [-0.1, -0.05) is 0 Å². The van der Waals surface area contributed by atoms with Crippen molar-refractivity contribution in [2.45, 2.75) is 33.2 Å². The second kappa shape index (κ2) is 5.70. The molecule has 0 bridgehead atoms. The molecule has 84 valence electrons. The molecule has 0 fully saturated rings. The number of nitrogens with two attached hydrogens (primary N) is 1. The van der Waals surface area contributed by atoms with Crippen LogP contribution in [0, 0.1) is 6.92 Å². The van der Waals surface area contributed by atoms with Crippen LogP contribution in [0.25, 0.3) is 0 Å². The first-order valence-corrected chi connectivity index (χ1v) is 5.93. The minimum Gasteiger partial charge on any atom is -0.370 e. The summed E-state index contributed by atoms with van der Waals surface area (Å²) in [5.41, 5.74) is 6.74. The van der Waals surface area contributed by atoms with Gasteiger partial charge in [-0.2, -0.15) is 0 Å². The normalized spacial score (nSPS) is 12.1. The summed E-state index contributed by atoms with van der Waals surface area (Å²) in [7, 11) is 0. The van der Waals surface area contributed by atoms with Gasteiger partial charge in [-0.05, 0) is 20.8 Å². The SMILES string of the molecule is Cc1csc(CCN=C(N)NC(C)C)n1. The second-order valence-corrected chi connectivity index (χ2v) is 4.64. The maximum Gasteiger partial charge on any atom is 0.188 e. The van der Waals surface area contributed by atoms with Crippen LogP contribution >= 0.6 is 11.3 Å². The minimum atomic E-state index is 0.329. The number of hydrogen-bond acceptors (Lipinski definition) is 3. The van der Waals surface area contributed by atoms with E-state index in [0.29, 0.717) is 18.5 Å². The van der Waals surface area contributed by atoms with E-state index in [2.05, 4.69) is 20.7 Å². The van der Waals surface area contributed by atoms with Gasteiger partial charge in [0, 0.05) is 30.1 Å². The molecule has 0 aromatic carbocycles. The van der Waals surface area contributed by atoms with Gasteiger partial charge in [0.05, 0.1) is 5.01 Å². The third kappa shape index (κ3) is 4.78. The molecule has 1 heterocycles. The van der Waals surface area contributed by atoms with Crippen molar-refractivity contribution in [1.29, 1.82) is 0 Å². The zero-order valence-electron chi connectivity index (χ0n) is 9.45. The zero-order valence-corrected chi connectivity index (χ0v) is 10.3. The van der Waals surface area contributed by atoms with E-state index in [0.717, 1.165) is 17.1 Å². The number of thiazole rings is 1. The number of aryl methyl sites for hydroxylation is 1. The lowest BCUT2D eigenvalue weighted by atomic mass is 10.4. The Hall–Kier alpha value is -1.10. The van der Waals surface area contributed by atoms with Crippen molar-refractivity contribution in [3.05, 3.63) is 16.1 Å². The topological polar surface area (TPSA) is 63.3 Å². The monoisotopic (exact) mass is 226 g/mol. The van der Waals surface area contributed by atoms with Gasteiger partial charge >= 0.3 is 0 Å². The minimum absolute atomic E-state index is 0.329. The van der Waals surface area contributed by atoms with Gasteiger partial charge in [-0.15, -0.1) is 11.3 Å². The lowest BCUT2D eigenvalue weighted by molar-refractivity contribution is 0.723. The van der Waals surface area contributed by atoms with Gasteiger partial charge in [0.25, 0.3) is 0 Å². The molecule has 0 amide bonds. The van der Waals surface area contributed by atoms with Gasteiger partial charge < -0.3 is 11.1 Å². The fourth-order valence-corrected chi connectivity index (χ4v) is 1.90. The summed E-state index contributed by atoms with van der Waals surface area (Å²) in [4.78, 5) is 8.58. The van der Waals surface area contributed by atoms with Crippen LogP contribution < -0.4 is 11.1 Å². The molecule has 0 aliphatic carbocycles. The Bertz CT molecular complexity index is 330. The van der Waals surface area contributed by atoms with E-state index < -0.39 is 0 Å². The summed E-state index contributed by atoms with van der Waals surface area (Å²) >= 11 is 1.67. The van der Waals surface area contributed by atoms with Crippen LogP contribution in [-0.4, -0.2) is 23.5 Å². The largest absolute Gasteiger partial charge is 0.370 e. The molecule has 1 rings (SSSR count). The Morgan fingerprint density at radius 2 is 2.40 bits per heavy atom. The number of aliphatic imine (C=N–C) groups is 1. The molecule has 0 aliphatic heterocycles. The number of nitrogens with zero attached hydrogens (tertiary/aromatic N) is 2. The lowest BCUT2D eigenvalue weighted by Crippen LogP contribution is -2.36. The van der Waals surface area contributed by atoms with E-state index >= 15 is 0 Å². The quantitative estimate of drug-likeness (QED) is 0.601. The highest BCUT2D eigenvalue weighted by Crippen LogP contribution is 2.08. The summed E-state index contributed by atoms with van der Waals surface area (Å²) in [6.45, 7) is 6.76. The molecule has 0 saturated heterocycles. The smallest absolute Gasteiger partial charge is 0.188 e. The number of rotatable bonds is 4. The molecular weight excluding hydrogens is 208 g/mol. The van der Waals surface area contributed by atoms with E-state index in [1.807, 2.05) is 20.8 Å². The zero-order chi connectivity index (χ0) is 11.3. The molecule has 5 heteroatoms. The van der Waals surface area contributed by atoms with Gasteiger partial charge in [0.1, 0.15) is 0 Å². The third-order valence-corrected chi connectivity index (χ3v) is 2.74. The molecule has 4 nitrogen and oxygen atoms in total. The van der Waals surface area contributed by atoms with Crippen LogP contribution in [0.5, 0.6) is 0 Å². The fourth-order valence-electron chi connectivity index (χ4n) is 1.13. The highest BCUT2D eigenvalue weighted by Gasteiger charge is 1.98. The molecule has 0 atom stereocenters. The fraction of sp³-hybridized carbons (Fsp3) is 0.600. The molecule has 0 aliphatic rings. The average molecular weight is 226 g/mol. The van der Waals surface area contributed by atoms with E-state index in [1.165, 1.54) is 0 Å². The average Bonchev–Trinajstić information content (AvgIpc) is 2.50. The Kier molecular flexibility index (Phi) is 4.55. The van der Waals surface area contributed by atoms with Crippen molar-refractivity contribution >= 4 is 17.3 Å². The van der Waals surface area contributed by atoms with Crippen LogP contribution in [0.15, 0.2) is 10.4 Å². The van der Waals surface area contributed by atoms with Crippen molar-refractivity contribution < 1.29 is 0 Å². The third-order valence-electron chi connectivity index (χ3n) is 1.71. The first-order valence-electron chi connectivity index (χ1n) is 5.05. The predicted octanol–water partition coefficient (Wildman–Crippen LogP) is 1.31. The van der Waals surface area contributed by atoms with Crippen LogP contribution in [-0.2, 0) is 6.42 Å². The molecule has 15 heavy (non-hydrogen) atoms. The van der Waals surface area contributed by atoms with Crippen LogP contribution in [0.2, 0.25) is 0 Å². The number of aromatic nitrogens is 1. The Morgan fingerprint density at radius 3 is 2.93 bits per heavy atom. The van der Waals surface area contributed by atoms with Crippen molar-refractivity contribution in [2.75, 3.05) is 6.54 Å². The van der Waals surface area contributed by atoms with Crippen molar-refractivity contribution in [3.63, 3.8) is 0 Å². The van der Waals surface area contributed by atoms with Gasteiger partial charge in [-0.25, -0.2) is 4.98 Å². The first kappa shape index (κ1) is 12.0. The van der Waals surface area contributed by atoms with Crippen LogP contribution in [0.3, 0.4) is 0 Å². The van der Waals surface area contributed by atoms with Gasteiger partial charge in [0.2, 0.25) is 0 Å². The summed E-state index contributed by atoms with van der Waals surface area (Å²) in [6.07, 6.45) is 0.860. The lowest BCUT2D eigenvalue weighted by Gasteiger charge is -2.07. The van der Waals surface area contributed by atoms with Gasteiger partial charge in [-0.3, -0.25) is 4.99 Å². The standard InChI is InChI=1S/C10H18N4S/c1-7(2)13-10(11)12-5-4-9-14-8(3)6-15-9/h6-7H,4-5H2,1-3H3,(H3,11,12,13). The second-order valence-electron chi connectivity index (χ2n) is 3.70. The maximum atomic E-state index is 5.67. The number of hydrogen-bond donors (Lipinski definition) is 2. The van der Waals surface area contributed by atoms with E-state index in [-0.39, 0.29) is 0 Å². The first-order chi connectivity index (χ1) is 7.08. The van der Waals surface area contributed by atoms with E-state index in [9.17, 15) is 0 Å². The maximum absolute atomic E-state index is 5.67. The summed E-state index contributed by atoms with van der Waals surface area (Å²) in [5, 5.41) is 6.21. The number of guanidine groups is 1. The molecule has 1 aromatic heterocycles. The van der Waals surface area contributed by atoms with Crippen LogP contribution in [0.4, 0.5) is 0 Å². The molecule has 0 saturated carbocycles. The Morgan fingerprint density at radius 1 is 1.67 bits per heavy atom. The van der Waals surface area contributed by atoms with Gasteiger partial charge in [0.15, 0.2) is 5.96 Å². The Labute approximate surface area is 94.6 Å².